The fraction of sp³-hybridized carbons (Fsp3) is 0.417. The maximum absolute atomic E-state index is 12.6. The van der Waals surface area contributed by atoms with Crippen molar-refractivity contribution in [1.82, 2.24) is 0 Å². The Bertz CT molecular complexity index is 454. The van der Waals surface area contributed by atoms with Gasteiger partial charge in [0.1, 0.15) is 0 Å². The highest BCUT2D eigenvalue weighted by atomic mass is 19.4. The van der Waals surface area contributed by atoms with E-state index < -0.39 is 11.7 Å². The molecule has 0 saturated carbocycles. The number of carbonyl (C=O) groups is 1. The maximum atomic E-state index is 12.6. The summed E-state index contributed by atoms with van der Waals surface area (Å²) in [5.41, 5.74) is 0.355. The summed E-state index contributed by atoms with van der Waals surface area (Å²) < 4.78 is 37.7. The molecule has 0 unspecified atom stereocenters. The first-order valence-electron chi connectivity index (χ1n) is 5.38. The molecule has 5 heteroatoms. The number of hydrogen-bond acceptors (Lipinski definition) is 1. The van der Waals surface area contributed by atoms with E-state index in [2.05, 4.69) is 0 Å². The van der Waals surface area contributed by atoms with Crippen molar-refractivity contribution in [2.24, 2.45) is 0 Å². The number of halogens is 3. The van der Waals surface area contributed by atoms with E-state index in [9.17, 15) is 18.0 Å². The first-order chi connectivity index (χ1) is 7.89. The predicted molar refractivity (Wildman–Crippen MR) is 57.8 cm³/mol. The lowest BCUT2D eigenvalue weighted by atomic mass is 10.1. The monoisotopic (exact) mass is 243 g/mol. The van der Waals surface area contributed by atoms with Crippen molar-refractivity contribution in [2.75, 3.05) is 11.4 Å². The molecule has 0 spiro atoms. The van der Waals surface area contributed by atoms with Crippen LogP contribution in [0.2, 0.25) is 0 Å². The van der Waals surface area contributed by atoms with Crippen molar-refractivity contribution in [3.05, 3.63) is 29.3 Å². The zero-order valence-electron chi connectivity index (χ0n) is 9.34. The summed E-state index contributed by atoms with van der Waals surface area (Å²) in [5, 5.41) is 0. The van der Waals surface area contributed by atoms with Gasteiger partial charge in [0.15, 0.2) is 0 Å². The van der Waals surface area contributed by atoms with E-state index in [1.54, 1.807) is 6.92 Å². The lowest BCUT2D eigenvalue weighted by Crippen LogP contribution is -2.25. The van der Waals surface area contributed by atoms with Crippen LogP contribution in [0.4, 0.5) is 18.9 Å². The predicted octanol–water partition coefficient (Wildman–Crippen LogP) is 3.14. The number of alkyl halides is 3. The quantitative estimate of drug-likeness (QED) is 0.742. The van der Waals surface area contributed by atoms with Crippen LogP contribution in [-0.4, -0.2) is 12.5 Å². The third-order valence-electron chi connectivity index (χ3n) is 2.90. The lowest BCUT2D eigenvalue weighted by Gasteiger charge is -2.20. The number of rotatable bonds is 1. The van der Waals surface area contributed by atoms with E-state index in [-0.39, 0.29) is 5.91 Å². The molecule has 0 N–H and O–H groups in total. The van der Waals surface area contributed by atoms with Crippen LogP contribution in [-0.2, 0) is 11.0 Å². The summed E-state index contributed by atoms with van der Waals surface area (Å²) in [6, 6.07) is 3.50. The molecule has 1 amide bonds. The summed E-state index contributed by atoms with van der Waals surface area (Å²) in [6.45, 7) is 2.21. The van der Waals surface area contributed by atoms with Crippen LogP contribution in [0.5, 0.6) is 0 Å². The summed E-state index contributed by atoms with van der Waals surface area (Å²) in [7, 11) is 0. The van der Waals surface area contributed by atoms with Crippen LogP contribution in [0.3, 0.4) is 0 Å². The van der Waals surface area contributed by atoms with E-state index in [0.717, 1.165) is 12.1 Å². The summed E-state index contributed by atoms with van der Waals surface area (Å²) in [5.74, 6) is -0.104. The lowest BCUT2D eigenvalue weighted by molar-refractivity contribution is -0.137. The Morgan fingerprint density at radius 1 is 1.29 bits per heavy atom. The van der Waals surface area contributed by atoms with Crippen LogP contribution in [0.25, 0.3) is 0 Å². The van der Waals surface area contributed by atoms with Gasteiger partial charge >= 0.3 is 6.18 Å². The second-order valence-corrected chi connectivity index (χ2v) is 4.15. The van der Waals surface area contributed by atoms with E-state index in [0.29, 0.717) is 30.6 Å². The van der Waals surface area contributed by atoms with Gasteiger partial charge in [0.05, 0.1) is 5.56 Å². The zero-order valence-corrected chi connectivity index (χ0v) is 9.34. The van der Waals surface area contributed by atoms with E-state index in [4.69, 9.17) is 0 Å². The van der Waals surface area contributed by atoms with Gasteiger partial charge in [-0.2, -0.15) is 13.2 Å². The van der Waals surface area contributed by atoms with Gasteiger partial charge in [0.2, 0.25) is 5.91 Å². The van der Waals surface area contributed by atoms with Crippen molar-refractivity contribution < 1.29 is 18.0 Å². The topological polar surface area (TPSA) is 20.3 Å². The van der Waals surface area contributed by atoms with Crippen molar-refractivity contribution in [3.8, 4) is 0 Å². The normalized spacial score (nSPS) is 16.7. The standard InChI is InChI=1S/C12H12F3NO/c1-8-4-5-9(12(13,14)15)7-10(8)16-6-2-3-11(16)17/h4-5,7H,2-3,6H2,1H3. The van der Waals surface area contributed by atoms with Gasteiger partial charge in [-0.3, -0.25) is 4.79 Å². The molecule has 1 aliphatic rings. The Kier molecular flexibility index (Phi) is 2.85. The molecule has 1 heterocycles. The minimum Gasteiger partial charge on any atom is -0.312 e. The summed E-state index contributed by atoms with van der Waals surface area (Å²) in [6.07, 6.45) is -3.25. The Balaban J connectivity index is 2.42. The van der Waals surface area contributed by atoms with Crippen LogP contribution < -0.4 is 4.90 Å². The number of hydrogen-bond donors (Lipinski definition) is 0. The highest BCUT2D eigenvalue weighted by Crippen LogP contribution is 2.34. The molecule has 0 bridgehead atoms. The highest BCUT2D eigenvalue weighted by Gasteiger charge is 2.32. The molecule has 1 aromatic carbocycles. The third kappa shape index (κ3) is 2.28. The summed E-state index contributed by atoms with van der Waals surface area (Å²) in [4.78, 5) is 13.0. The van der Waals surface area contributed by atoms with Crippen molar-refractivity contribution in [1.29, 1.82) is 0 Å². The molecule has 1 saturated heterocycles. The second-order valence-electron chi connectivity index (χ2n) is 4.15. The van der Waals surface area contributed by atoms with Crippen LogP contribution >= 0.6 is 0 Å². The first-order valence-corrected chi connectivity index (χ1v) is 5.38. The van der Waals surface area contributed by atoms with Gasteiger partial charge in [0, 0.05) is 18.7 Å². The average Bonchev–Trinajstić information content (AvgIpc) is 2.63. The fourth-order valence-electron chi connectivity index (χ4n) is 1.98. The largest absolute Gasteiger partial charge is 0.416 e. The number of amides is 1. The highest BCUT2D eigenvalue weighted by molar-refractivity contribution is 5.96. The summed E-state index contributed by atoms with van der Waals surface area (Å²) >= 11 is 0. The molecule has 1 aliphatic heterocycles. The van der Waals surface area contributed by atoms with Gasteiger partial charge in [-0.15, -0.1) is 0 Å². The van der Waals surface area contributed by atoms with Gasteiger partial charge in [-0.25, -0.2) is 0 Å². The molecule has 17 heavy (non-hydrogen) atoms. The fourth-order valence-corrected chi connectivity index (χ4v) is 1.98. The molecular formula is C12H12F3NO. The SMILES string of the molecule is Cc1ccc(C(F)(F)F)cc1N1CCCC1=O. The Morgan fingerprint density at radius 2 is 2.00 bits per heavy atom. The van der Waals surface area contributed by atoms with Gasteiger partial charge in [-0.1, -0.05) is 6.07 Å². The van der Waals surface area contributed by atoms with E-state index in [1.807, 2.05) is 0 Å². The third-order valence-corrected chi connectivity index (χ3v) is 2.90. The smallest absolute Gasteiger partial charge is 0.312 e. The van der Waals surface area contributed by atoms with Crippen molar-refractivity contribution >= 4 is 11.6 Å². The first kappa shape index (κ1) is 12.0. The average molecular weight is 243 g/mol. The van der Waals surface area contributed by atoms with Gasteiger partial charge in [0.25, 0.3) is 0 Å². The Morgan fingerprint density at radius 3 is 2.53 bits per heavy atom. The number of benzene rings is 1. The Labute approximate surface area is 97.0 Å². The van der Waals surface area contributed by atoms with Crippen LogP contribution in [0.15, 0.2) is 18.2 Å². The molecule has 2 rings (SSSR count). The second kappa shape index (κ2) is 4.05. The maximum Gasteiger partial charge on any atom is 0.416 e. The van der Waals surface area contributed by atoms with E-state index >= 15 is 0 Å². The molecule has 92 valence electrons. The van der Waals surface area contributed by atoms with Gasteiger partial charge < -0.3 is 4.90 Å². The number of carbonyl (C=O) groups excluding carboxylic acids is 1. The number of nitrogens with zero attached hydrogens (tertiary/aromatic N) is 1. The molecular weight excluding hydrogens is 231 g/mol. The van der Waals surface area contributed by atoms with E-state index in [1.165, 1.54) is 11.0 Å². The van der Waals surface area contributed by atoms with Gasteiger partial charge in [-0.05, 0) is 31.0 Å². The number of aryl methyl sites for hydroxylation is 1. The van der Waals surface area contributed by atoms with Crippen molar-refractivity contribution in [2.45, 2.75) is 25.9 Å². The molecule has 0 radical (unpaired) electrons. The van der Waals surface area contributed by atoms with Crippen molar-refractivity contribution in [3.63, 3.8) is 0 Å². The minimum atomic E-state index is -4.37. The minimum absolute atomic E-state index is 0.104. The molecule has 1 aromatic rings. The van der Waals surface area contributed by atoms with Crippen LogP contribution in [0, 0.1) is 6.92 Å². The molecule has 0 atom stereocenters. The Hall–Kier alpha value is -1.52. The molecule has 0 aromatic heterocycles. The van der Waals surface area contributed by atoms with Crippen LogP contribution in [0.1, 0.15) is 24.0 Å². The molecule has 1 fully saturated rings. The zero-order chi connectivity index (χ0) is 12.6. The number of anilines is 1. The molecule has 2 nitrogen and oxygen atoms in total. The molecule has 0 aliphatic carbocycles.